The van der Waals surface area contributed by atoms with Gasteiger partial charge < -0.3 is 29.9 Å². The van der Waals surface area contributed by atoms with Crippen LogP contribution in [0.1, 0.15) is 75.4 Å². The van der Waals surface area contributed by atoms with Crippen molar-refractivity contribution in [1.82, 2.24) is 29.9 Å². The van der Waals surface area contributed by atoms with Gasteiger partial charge in [0.2, 0.25) is 0 Å². The van der Waals surface area contributed by atoms with Crippen LogP contribution in [0.3, 0.4) is 0 Å². The van der Waals surface area contributed by atoms with E-state index in [1.165, 1.54) is 15.3 Å². The molecular formula is C30H29FN6O7. The number of hydrogen-bond donors (Lipinski definition) is 4. The van der Waals surface area contributed by atoms with Gasteiger partial charge in [-0.15, -0.1) is 5.10 Å². The molecule has 4 aromatic rings. The van der Waals surface area contributed by atoms with Crippen LogP contribution < -0.4 is 10.9 Å². The smallest absolute Gasteiger partial charge is 0.343 e. The van der Waals surface area contributed by atoms with Crippen molar-refractivity contribution < 1.29 is 34.0 Å². The molecule has 2 aliphatic heterocycles. The number of carbonyl (C=O) groups is 2. The SMILES string of the molecule is CC[C@@]1(O)C(=O)OCc2c1cc1n(c2=O)Cc2c-1nc1cc(F)c(C)c3c1c2[C@@H](NC(=O)c1nnn(CCO)c1CO)CC3. The Hall–Kier alpha value is -4.53. The second-order valence-electron chi connectivity index (χ2n) is 11.4. The minimum atomic E-state index is -2.00. The summed E-state index contributed by atoms with van der Waals surface area (Å²) in [4.78, 5) is 44.7. The number of nitrogens with one attached hydrogen (secondary N) is 1. The number of hydrogen-bond acceptors (Lipinski definition) is 10. The number of carbonyl (C=O) groups excluding carboxylic acids is 2. The highest BCUT2D eigenvalue weighted by Crippen LogP contribution is 2.46. The number of aliphatic hydroxyl groups excluding tert-OH is 2. The van der Waals surface area contributed by atoms with Crippen LogP contribution in [-0.4, -0.2) is 58.3 Å². The molecule has 3 aromatic heterocycles. The number of cyclic esters (lactones) is 1. The third-order valence-electron chi connectivity index (χ3n) is 9.20. The van der Waals surface area contributed by atoms with Crippen LogP contribution in [0.2, 0.25) is 0 Å². The maximum Gasteiger partial charge on any atom is 0.343 e. The molecular weight excluding hydrogens is 575 g/mol. The molecule has 1 aliphatic carbocycles. The standard InChI is InChI=1S/C30H29FN6O7/c1-3-30(43)17-8-21-25-15(10-36(21)28(41)16(17)12-44-29(30)42)24-19(5-4-14-13(2)18(31)9-20(32-25)23(14)24)33-27(40)26-22(11-39)37(6-7-38)35-34-26/h8-9,19,38-39,43H,3-7,10-12H2,1-2H3,(H,33,40)/t19-,30-/m0/s1. The molecule has 2 atom stereocenters. The Balaban J connectivity index is 1.41. The Morgan fingerprint density at radius 1 is 1.23 bits per heavy atom. The monoisotopic (exact) mass is 604 g/mol. The van der Waals surface area contributed by atoms with E-state index in [9.17, 15) is 29.7 Å². The largest absolute Gasteiger partial charge is 0.458 e. The molecule has 3 aliphatic rings. The first-order valence-corrected chi connectivity index (χ1v) is 14.4. The zero-order valence-electron chi connectivity index (χ0n) is 24.0. The second kappa shape index (κ2) is 10.0. The van der Waals surface area contributed by atoms with Gasteiger partial charge in [0.15, 0.2) is 11.3 Å². The average molecular weight is 605 g/mol. The van der Waals surface area contributed by atoms with Gasteiger partial charge in [-0.1, -0.05) is 12.1 Å². The molecule has 228 valence electrons. The Kier molecular flexibility index (Phi) is 6.43. The molecule has 0 saturated heterocycles. The number of esters is 1. The Morgan fingerprint density at radius 2 is 2.02 bits per heavy atom. The molecule has 5 heterocycles. The van der Waals surface area contributed by atoms with E-state index in [2.05, 4.69) is 15.6 Å². The number of pyridine rings is 2. The van der Waals surface area contributed by atoms with Gasteiger partial charge in [-0.05, 0) is 48.9 Å². The zero-order valence-corrected chi connectivity index (χ0v) is 24.0. The summed E-state index contributed by atoms with van der Waals surface area (Å²) in [5.74, 6) is -1.85. The lowest BCUT2D eigenvalue weighted by molar-refractivity contribution is -0.172. The third-order valence-corrected chi connectivity index (χ3v) is 9.20. The maximum atomic E-state index is 15.1. The molecule has 0 unspecified atom stereocenters. The first-order chi connectivity index (χ1) is 21.1. The molecule has 44 heavy (non-hydrogen) atoms. The van der Waals surface area contributed by atoms with Crippen molar-refractivity contribution in [3.63, 3.8) is 0 Å². The highest BCUT2D eigenvalue weighted by molar-refractivity contribution is 5.96. The van der Waals surface area contributed by atoms with E-state index < -0.39 is 41.5 Å². The topological polar surface area (TPSA) is 182 Å². The van der Waals surface area contributed by atoms with E-state index in [-0.39, 0.29) is 55.2 Å². The van der Waals surface area contributed by atoms with Crippen LogP contribution in [0, 0.1) is 12.7 Å². The summed E-state index contributed by atoms with van der Waals surface area (Å²) in [5, 5.41) is 42.0. The van der Waals surface area contributed by atoms with Crippen LogP contribution >= 0.6 is 0 Å². The van der Waals surface area contributed by atoms with E-state index >= 15 is 4.39 Å². The molecule has 0 radical (unpaired) electrons. The van der Waals surface area contributed by atoms with E-state index in [4.69, 9.17) is 9.72 Å². The van der Waals surface area contributed by atoms with Gasteiger partial charge in [0.05, 0.1) is 60.5 Å². The van der Waals surface area contributed by atoms with Gasteiger partial charge in [-0.25, -0.2) is 18.9 Å². The number of benzene rings is 1. The molecule has 7 rings (SSSR count). The lowest BCUT2D eigenvalue weighted by Crippen LogP contribution is -2.44. The molecule has 1 amide bonds. The minimum Gasteiger partial charge on any atom is -0.458 e. The fourth-order valence-electron chi connectivity index (χ4n) is 6.87. The summed E-state index contributed by atoms with van der Waals surface area (Å²) < 4.78 is 23.1. The Labute approximate surface area is 248 Å². The van der Waals surface area contributed by atoms with Gasteiger partial charge in [-0.3, -0.25) is 9.59 Å². The van der Waals surface area contributed by atoms with Crippen molar-refractivity contribution in [1.29, 1.82) is 0 Å². The summed E-state index contributed by atoms with van der Waals surface area (Å²) >= 11 is 0. The van der Waals surface area contributed by atoms with Crippen molar-refractivity contribution >= 4 is 22.8 Å². The maximum absolute atomic E-state index is 15.1. The van der Waals surface area contributed by atoms with Crippen molar-refractivity contribution in [3.05, 3.63) is 73.1 Å². The number of nitrogens with zero attached hydrogens (tertiary/aromatic N) is 5. The highest BCUT2D eigenvalue weighted by atomic mass is 19.1. The van der Waals surface area contributed by atoms with Gasteiger partial charge in [0.25, 0.3) is 11.5 Å². The van der Waals surface area contributed by atoms with Crippen LogP contribution in [0.25, 0.3) is 22.3 Å². The molecule has 13 nitrogen and oxygen atoms in total. The molecule has 0 fully saturated rings. The number of ether oxygens (including phenoxy) is 1. The first kappa shape index (κ1) is 28.3. The van der Waals surface area contributed by atoms with Crippen LogP contribution in [0.15, 0.2) is 16.9 Å². The summed E-state index contributed by atoms with van der Waals surface area (Å²) in [6.07, 6.45) is 0.853. The number of aryl methyl sites for hydroxylation is 1. The number of halogens is 1. The molecule has 1 aromatic carbocycles. The van der Waals surface area contributed by atoms with E-state index in [0.29, 0.717) is 51.8 Å². The van der Waals surface area contributed by atoms with Crippen molar-refractivity contribution in [2.75, 3.05) is 6.61 Å². The molecule has 0 spiro atoms. The minimum absolute atomic E-state index is 0.00825. The van der Waals surface area contributed by atoms with Crippen molar-refractivity contribution in [2.24, 2.45) is 0 Å². The third kappa shape index (κ3) is 3.80. The molecule has 14 heteroatoms. The predicted molar refractivity (Wildman–Crippen MR) is 151 cm³/mol. The zero-order chi connectivity index (χ0) is 31.1. The number of aromatic nitrogens is 5. The van der Waals surface area contributed by atoms with E-state index in [0.717, 1.165) is 5.56 Å². The van der Waals surface area contributed by atoms with Gasteiger partial charge in [0.1, 0.15) is 12.4 Å². The summed E-state index contributed by atoms with van der Waals surface area (Å²) in [5.41, 5.74) is 1.69. The number of fused-ring (bicyclic) bond motifs is 5. The Bertz CT molecular complexity index is 1990. The predicted octanol–water partition coefficient (Wildman–Crippen LogP) is 1.02. The molecule has 0 saturated carbocycles. The number of aliphatic hydroxyl groups is 3. The Morgan fingerprint density at radius 3 is 2.75 bits per heavy atom. The fraction of sp³-hybridized carbons (Fsp3) is 0.400. The first-order valence-electron chi connectivity index (χ1n) is 14.4. The number of amides is 1. The van der Waals surface area contributed by atoms with Gasteiger partial charge >= 0.3 is 5.97 Å². The van der Waals surface area contributed by atoms with Gasteiger partial charge in [-0.2, -0.15) is 0 Å². The lowest BCUT2D eigenvalue weighted by Gasteiger charge is -2.31. The normalized spacial score (nSPS) is 19.9. The second-order valence-corrected chi connectivity index (χ2v) is 11.4. The molecule has 0 bridgehead atoms. The average Bonchev–Trinajstić information content (AvgIpc) is 3.60. The van der Waals surface area contributed by atoms with Gasteiger partial charge in [0, 0.05) is 22.6 Å². The van der Waals surface area contributed by atoms with Crippen LogP contribution in [0.5, 0.6) is 0 Å². The van der Waals surface area contributed by atoms with E-state index in [1.807, 2.05) is 0 Å². The fourth-order valence-corrected chi connectivity index (χ4v) is 6.87. The lowest BCUT2D eigenvalue weighted by atomic mass is 9.81. The van der Waals surface area contributed by atoms with Crippen LogP contribution in [0.4, 0.5) is 4.39 Å². The van der Waals surface area contributed by atoms with E-state index in [1.54, 1.807) is 19.9 Å². The molecule has 4 N–H and O–H groups in total. The number of rotatable bonds is 6. The summed E-state index contributed by atoms with van der Waals surface area (Å²) in [7, 11) is 0. The van der Waals surface area contributed by atoms with Crippen LogP contribution in [-0.2, 0) is 47.9 Å². The quantitative estimate of drug-likeness (QED) is 0.204. The summed E-state index contributed by atoms with van der Waals surface area (Å²) in [6.45, 7) is 2.43. The van der Waals surface area contributed by atoms with Crippen molar-refractivity contribution in [2.45, 2.75) is 71.1 Å². The summed E-state index contributed by atoms with van der Waals surface area (Å²) in [6, 6.07) is 2.34. The van der Waals surface area contributed by atoms with Crippen molar-refractivity contribution in [3.8, 4) is 11.4 Å². The highest BCUT2D eigenvalue weighted by Gasteiger charge is 2.46.